The Hall–Kier alpha value is -0.200. The van der Waals surface area contributed by atoms with E-state index >= 15 is 0 Å². The lowest BCUT2D eigenvalue weighted by molar-refractivity contribution is 0.259. The SMILES string of the molecule is CC1CS(=O)(=O)CCN1CC(N)=S. The molecular weight excluding hydrogens is 208 g/mol. The molecule has 0 radical (unpaired) electrons. The Morgan fingerprint density at radius 2 is 2.31 bits per heavy atom. The van der Waals surface area contributed by atoms with Crippen LogP contribution < -0.4 is 5.73 Å². The summed E-state index contributed by atoms with van der Waals surface area (Å²) in [4.78, 5) is 2.43. The Balaban J connectivity index is 2.59. The number of nitrogens with zero attached hydrogens (tertiary/aromatic N) is 1. The molecule has 1 unspecified atom stereocenters. The van der Waals surface area contributed by atoms with Crippen LogP contribution in [0.2, 0.25) is 0 Å². The Labute approximate surface area is 84.0 Å². The fourth-order valence-electron chi connectivity index (χ4n) is 1.47. The highest BCUT2D eigenvalue weighted by molar-refractivity contribution is 7.91. The first-order chi connectivity index (χ1) is 5.91. The molecular formula is C7H14N2O2S2. The zero-order valence-electron chi connectivity index (χ0n) is 7.56. The normalized spacial score (nSPS) is 28.5. The summed E-state index contributed by atoms with van der Waals surface area (Å²) in [5.41, 5.74) is 5.39. The average Bonchev–Trinajstić information content (AvgIpc) is 1.93. The molecule has 1 heterocycles. The maximum absolute atomic E-state index is 11.2. The van der Waals surface area contributed by atoms with Crippen molar-refractivity contribution >= 4 is 27.0 Å². The third-order valence-electron chi connectivity index (χ3n) is 2.17. The van der Waals surface area contributed by atoms with Crippen molar-refractivity contribution in [3.8, 4) is 0 Å². The number of hydrogen-bond acceptors (Lipinski definition) is 4. The highest BCUT2D eigenvalue weighted by atomic mass is 32.2. The summed E-state index contributed by atoms with van der Waals surface area (Å²) in [6.07, 6.45) is 0. The molecule has 0 spiro atoms. The van der Waals surface area contributed by atoms with E-state index in [2.05, 4.69) is 0 Å². The Bertz CT molecular complexity index is 300. The maximum atomic E-state index is 11.2. The smallest absolute Gasteiger partial charge is 0.153 e. The standard InChI is InChI=1S/C7H14N2O2S2/c1-6-5-13(10,11)3-2-9(6)4-7(8)12/h6H,2-5H2,1H3,(H2,8,12). The van der Waals surface area contributed by atoms with Gasteiger partial charge in [-0.3, -0.25) is 4.90 Å². The zero-order valence-corrected chi connectivity index (χ0v) is 9.20. The second-order valence-corrected chi connectivity index (χ2v) is 6.15. The average molecular weight is 222 g/mol. The van der Waals surface area contributed by atoms with Gasteiger partial charge in [0.25, 0.3) is 0 Å². The minimum atomic E-state index is -2.83. The van der Waals surface area contributed by atoms with E-state index in [-0.39, 0.29) is 17.5 Å². The van der Waals surface area contributed by atoms with Gasteiger partial charge in [0.05, 0.1) is 16.5 Å². The topological polar surface area (TPSA) is 63.4 Å². The Kier molecular flexibility index (Phi) is 3.26. The molecule has 1 rings (SSSR count). The highest BCUT2D eigenvalue weighted by Crippen LogP contribution is 2.10. The molecule has 76 valence electrons. The highest BCUT2D eigenvalue weighted by Gasteiger charge is 2.27. The maximum Gasteiger partial charge on any atom is 0.153 e. The van der Waals surface area contributed by atoms with Gasteiger partial charge in [-0.2, -0.15) is 0 Å². The molecule has 0 aromatic heterocycles. The van der Waals surface area contributed by atoms with Crippen molar-refractivity contribution in [2.75, 3.05) is 24.6 Å². The van der Waals surface area contributed by atoms with Crippen molar-refractivity contribution in [1.82, 2.24) is 4.90 Å². The molecule has 13 heavy (non-hydrogen) atoms. The number of nitrogens with two attached hydrogens (primary N) is 1. The third kappa shape index (κ3) is 3.21. The number of hydrogen-bond donors (Lipinski definition) is 1. The molecule has 1 aliphatic heterocycles. The monoisotopic (exact) mass is 222 g/mol. The molecule has 0 saturated carbocycles. The number of sulfone groups is 1. The first kappa shape index (κ1) is 10.9. The minimum Gasteiger partial charge on any atom is -0.392 e. The fourth-order valence-corrected chi connectivity index (χ4v) is 3.26. The van der Waals surface area contributed by atoms with Crippen molar-refractivity contribution in [3.05, 3.63) is 0 Å². The van der Waals surface area contributed by atoms with Crippen LogP contribution in [0.3, 0.4) is 0 Å². The number of rotatable bonds is 2. The molecule has 0 aromatic rings. The van der Waals surface area contributed by atoms with Crippen molar-refractivity contribution in [2.24, 2.45) is 5.73 Å². The summed E-state index contributed by atoms with van der Waals surface area (Å²) in [6.45, 7) is 2.95. The van der Waals surface area contributed by atoms with Crippen LogP contribution in [-0.4, -0.2) is 48.9 Å². The second kappa shape index (κ2) is 3.89. The molecule has 4 nitrogen and oxygen atoms in total. The van der Waals surface area contributed by atoms with Gasteiger partial charge in [0.2, 0.25) is 0 Å². The van der Waals surface area contributed by atoms with Crippen molar-refractivity contribution < 1.29 is 8.42 Å². The van der Waals surface area contributed by atoms with Gasteiger partial charge in [-0.15, -0.1) is 0 Å². The van der Waals surface area contributed by atoms with Crippen LogP contribution in [0.4, 0.5) is 0 Å². The molecule has 6 heteroatoms. The molecule has 1 aliphatic rings. The van der Waals surface area contributed by atoms with Crippen molar-refractivity contribution in [1.29, 1.82) is 0 Å². The summed E-state index contributed by atoms with van der Waals surface area (Å²) in [6, 6.07) is 0.0280. The molecule has 1 fully saturated rings. The van der Waals surface area contributed by atoms with E-state index in [9.17, 15) is 8.42 Å². The van der Waals surface area contributed by atoms with E-state index in [0.29, 0.717) is 18.1 Å². The molecule has 1 atom stereocenters. The summed E-state index contributed by atoms with van der Waals surface area (Å²) >= 11 is 4.77. The van der Waals surface area contributed by atoms with Gasteiger partial charge in [0, 0.05) is 19.1 Å². The van der Waals surface area contributed by atoms with Crippen LogP contribution in [0.15, 0.2) is 0 Å². The van der Waals surface area contributed by atoms with Gasteiger partial charge in [-0.05, 0) is 6.92 Å². The summed E-state index contributed by atoms with van der Waals surface area (Å²) in [5.74, 6) is 0.440. The molecule has 0 aromatic carbocycles. The van der Waals surface area contributed by atoms with Crippen LogP contribution >= 0.6 is 12.2 Å². The third-order valence-corrected chi connectivity index (χ3v) is 4.09. The van der Waals surface area contributed by atoms with Gasteiger partial charge in [0.15, 0.2) is 9.84 Å². The summed E-state index contributed by atoms with van der Waals surface area (Å²) in [5, 5.41) is 0. The van der Waals surface area contributed by atoms with Crippen LogP contribution in [-0.2, 0) is 9.84 Å². The van der Waals surface area contributed by atoms with E-state index in [1.54, 1.807) is 0 Å². The van der Waals surface area contributed by atoms with Crippen LogP contribution in [0.5, 0.6) is 0 Å². The predicted octanol–water partition coefficient (Wildman–Crippen LogP) is -0.609. The summed E-state index contributed by atoms with van der Waals surface area (Å²) in [7, 11) is -2.83. The minimum absolute atomic E-state index is 0.0280. The molecule has 0 bridgehead atoms. The van der Waals surface area contributed by atoms with Crippen LogP contribution in [0.25, 0.3) is 0 Å². The van der Waals surface area contributed by atoms with Gasteiger partial charge in [-0.25, -0.2) is 8.42 Å². The van der Waals surface area contributed by atoms with Gasteiger partial charge < -0.3 is 5.73 Å². The Morgan fingerprint density at radius 3 is 2.77 bits per heavy atom. The van der Waals surface area contributed by atoms with E-state index in [4.69, 9.17) is 18.0 Å². The molecule has 2 N–H and O–H groups in total. The summed E-state index contributed by atoms with van der Waals surface area (Å²) < 4.78 is 22.4. The largest absolute Gasteiger partial charge is 0.392 e. The van der Waals surface area contributed by atoms with Crippen LogP contribution in [0.1, 0.15) is 6.92 Å². The van der Waals surface area contributed by atoms with Crippen LogP contribution in [0, 0.1) is 0 Å². The molecule has 0 amide bonds. The predicted molar refractivity (Wildman–Crippen MR) is 56.5 cm³/mol. The quantitative estimate of drug-likeness (QED) is 0.632. The first-order valence-electron chi connectivity index (χ1n) is 4.13. The van der Waals surface area contributed by atoms with Gasteiger partial charge >= 0.3 is 0 Å². The van der Waals surface area contributed by atoms with Crippen molar-refractivity contribution in [3.63, 3.8) is 0 Å². The van der Waals surface area contributed by atoms with E-state index in [1.165, 1.54) is 0 Å². The Morgan fingerprint density at radius 1 is 1.69 bits per heavy atom. The van der Waals surface area contributed by atoms with E-state index in [1.807, 2.05) is 11.8 Å². The molecule has 0 aliphatic carbocycles. The molecule has 1 saturated heterocycles. The lowest BCUT2D eigenvalue weighted by atomic mass is 10.3. The second-order valence-electron chi connectivity index (χ2n) is 3.40. The van der Waals surface area contributed by atoms with Gasteiger partial charge in [-0.1, -0.05) is 12.2 Å². The van der Waals surface area contributed by atoms with Crippen molar-refractivity contribution in [2.45, 2.75) is 13.0 Å². The lowest BCUT2D eigenvalue weighted by Gasteiger charge is -2.32. The fraction of sp³-hybridized carbons (Fsp3) is 0.857. The van der Waals surface area contributed by atoms with Gasteiger partial charge in [0.1, 0.15) is 0 Å². The zero-order chi connectivity index (χ0) is 10.1. The van der Waals surface area contributed by atoms with E-state index < -0.39 is 9.84 Å². The number of thiocarbonyl (C=S) groups is 1. The lowest BCUT2D eigenvalue weighted by Crippen LogP contribution is -2.49. The van der Waals surface area contributed by atoms with E-state index in [0.717, 1.165) is 0 Å². The first-order valence-corrected chi connectivity index (χ1v) is 6.36.